The van der Waals surface area contributed by atoms with E-state index >= 15 is 0 Å². The smallest absolute Gasteiger partial charge is 0.272 e. The van der Waals surface area contributed by atoms with Crippen LogP contribution in [0.1, 0.15) is 23.3 Å². The second-order valence-corrected chi connectivity index (χ2v) is 6.66. The molecule has 5 nitrogen and oxygen atoms in total. The summed E-state index contributed by atoms with van der Waals surface area (Å²) < 4.78 is 13.2. The molecular formula is C17H16FN3O2S. The Hall–Kier alpha value is -2.54. The van der Waals surface area contributed by atoms with E-state index in [0.29, 0.717) is 23.6 Å². The summed E-state index contributed by atoms with van der Waals surface area (Å²) in [6.45, 7) is 0. The lowest BCUT2D eigenvalue weighted by Gasteiger charge is -2.18. The normalized spacial score (nSPS) is 14.5. The Labute approximate surface area is 142 Å². The van der Waals surface area contributed by atoms with Crippen LogP contribution in [-0.2, 0) is 16.0 Å². The number of amides is 2. The molecule has 2 heterocycles. The van der Waals surface area contributed by atoms with Crippen LogP contribution < -0.4 is 5.32 Å². The summed E-state index contributed by atoms with van der Waals surface area (Å²) in [5.74, 6) is -0.653. The topological polar surface area (TPSA) is 61.8 Å². The number of carbonyl (C=O) groups excluding carboxylic acids is 2. The predicted octanol–water partition coefficient (Wildman–Crippen LogP) is 3.02. The van der Waals surface area contributed by atoms with Crippen molar-refractivity contribution in [1.82, 2.24) is 5.01 Å². The molecule has 3 rings (SSSR count). The van der Waals surface area contributed by atoms with Crippen LogP contribution in [0.3, 0.4) is 0 Å². The molecule has 124 valence electrons. The van der Waals surface area contributed by atoms with Crippen molar-refractivity contribution in [1.29, 1.82) is 0 Å². The Morgan fingerprint density at radius 3 is 2.92 bits per heavy atom. The van der Waals surface area contributed by atoms with Crippen LogP contribution in [0.15, 0.2) is 41.5 Å². The minimum Gasteiger partial charge on any atom is -0.312 e. The molecule has 0 saturated carbocycles. The third-order valence-electron chi connectivity index (χ3n) is 3.64. The Morgan fingerprint density at radius 1 is 1.33 bits per heavy atom. The molecule has 0 saturated heterocycles. The summed E-state index contributed by atoms with van der Waals surface area (Å²) in [5, 5.41) is 8.70. The number of anilines is 1. The van der Waals surface area contributed by atoms with Crippen molar-refractivity contribution in [3.05, 3.63) is 52.7 Å². The fourth-order valence-electron chi connectivity index (χ4n) is 2.41. The number of hydrazone groups is 1. The van der Waals surface area contributed by atoms with E-state index in [-0.39, 0.29) is 24.1 Å². The number of hydrogen-bond donors (Lipinski definition) is 1. The molecule has 0 bridgehead atoms. The van der Waals surface area contributed by atoms with Gasteiger partial charge in [-0.25, -0.2) is 9.40 Å². The van der Waals surface area contributed by atoms with Crippen molar-refractivity contribution in [2.24, 2.45) is 5.10 Å². The van der Waals surface area contributed by atoms with Gasteiger partial charge in [0.2, 0.25) is 5.91 Å². The van der Waals surface area contributed by atoms with Gasteiger partial charge in [-0.15, -0.1) is 11.3 Å². The molecule has 1 aromatic heterocycles. The van der Waals surface area contributed by atoms with E-state index in [1.807, 2.05) is 18.2 Å². The number of benzene rings is 1. The molecule has 0 aliphatic carbocycles. The number of nitrogens with zero attached hydrogens (tertiary/aromatic N) is 2. The van der Waals surface area contributed by atoms with E-state index in [2.05, 4.69) is 10.4 Å². The predicted molar refractivity (Wildman–Crippen MR) is 91.6 cm³/mol. The van der Waals surface area contributed by atoms with Crippen molar-refractivity contribution in [2.45, 2.75) is 19.3 Å². The number of thiophene rings is 1. The summed E-state index contributed by atoms with van der Waals surface area (Å²) in [6, 6.07) is 10.2. The Bertz CT molecular complexity index is 816. The molecular weight excluding hydrogens is 329 g/mol. The fraction of sp³-hybridized carbons (Fsp3) is 0.235. The third kappa shape index (κ3) is 3.86. The van der Waals surface area contributed by atoms with Gasteiger partial charge < -0.3 is 5.32 Å². The Morgan fingerprint density at radius 2 is 2.17 bits per heavy atom. The maximum atomic E-state index is 13.2. The Kier molecular flexibility index (Phi) is 4.71. The highest BCUT2D eigenvalue weighted by Crippen LogP contribution is 2.25. The summed E-state index contributed by atoms with van der Waals surface area (Å²) in [5.41, 5.74) is 1.23. The standard InChI is InChI=1S/C17H16FN3O2S/c1-21-16(22)8-6-14(20-21)17(23)19-15-7-5-13(24-15)10-11-3-2-4-12(18)9-11/h2-5,7,9H,6,8,10H2,1H3,(H,19,23). The quantitative estimate of drug-likeness (QED) is 0.926. The van der Waals surface area contributed by atoms with Crippen molar-refractivity contribution in [2.75, 3.05) is 12.4 Å². The van der Waals surface area contributed by atoms with E-state index in [0.717, 1.165) is 10.4 Å². The summed E-state index contributed by atoms with van der Waals surface area (Å²) >= 11 is 1.44. The lowest BCUT2D eigenvalue weighted by molar-refractivity contribution is -0.130. The van der Waals surface area contributed by atoms with Gasteiger partial charge in [-0.1, -0.05) is 12.1 Å². The van der Waals surface area contributed by atoms with E-state index in [1.54, 1.807) is 6.07 Å². The lowest BCUT2D eigenvalue weighted by atomic mass is 10.1. The second kappa shape index (κ2) is 6.92. The SMILES string of the molecule is CN1N=C(C(=O)Nc2ccc(Cc3cccc(F)c3)s2)CCC1=O. The summed E-state index contributed by atoms with van der Waals surface area (Å²) in [7, 11) is 1.54. The molecule has 1 aromatic carbocycles. The molecule has 0 fully saturated rings. The monoisotopic (exact) mass is 345 g/mol. The molecule has 2 aromatic rings. The van der Waals surface area contributed by atoms with Gasteiger partial charge in [0.1, 0.15) is 11.5 Å². The molecule has 24 heavy (non-hydrogen) atoms. The zero-order valence-electron chi connectivity index (χ0n) is 13.1. The summed E-state index contributed by atoms with van der Waals surface area (Å²) in [4.78, 5) is 24.6. The molecule has 1 aliphatic heterocycles. The lowest BCUT2D eigenvalue weighted by Crippen LogP contribution is -2.33. The van der Waals surface area contributed by atoms with E-state index < -0.39 is 0 Å². The maximum Gasteiger partial charge on any atom is 0.272 e. The number of halogens is 1. The third-order valence-corrected chi connectivity index (χ3v) is 4.64. The van der Waals surface area contributed by atoms with Gasteiger partial charge in [-0.2, -0.15) is 5.10 Å². The average molecular weight is 345 g/mol. The van der Waals surface area contributed by atoms with Crippen LogP contribution in [0, 0.1) is 5.82 Å². The highest BCUT2D eigenvalue weighted by molar-refractivity contribution is 7.16. The summed E-state index contributed by atoms with van der Waals surface area (Å²) in [6.07, 6.45) is 1.24. The first-order valence-electron chi connectivity index (χ1n) is 7.50. The highest BCUT2D eigenvalue weighted by Gasteiger charge is 2.22. The van der Waals surface area contributed by atoms with Gasteiger partial charge in [-0.05, 0) is 29.8 Å². The van der Waals surface area contributed by atoms with Crippen molar-refractivity contribution >= 4 is 33.9 Å². The van der Waals surface area contributed by atoms with Crippen LogP contribution in [0.4, 0.5) is 9.39 Å². The van der Waals surface area contributed by atoms with Gasteiger partial charge in [0.05, 0.1) is 5.00 Å². The molecule has 2 amide bonds. The van der Waals surface area contributed by atoms with Crippen LogP contribution in [-0.4, -0.2) is 29.6 Å². The largest absolute Gasteiger partial charge is 0.312 e. The minimum atomic E-state index is -0.298. The first kappa shape index (κ1) is 16.3. The molecule has 1 N–H and O–H groups in total. The molecule has 7 heteroatoms. The van der Waals surface area contributed by atoms with Gasteiger partial charge in [0, 0.05) is 31.2 Å². The average Bonchev–Trinajstić information content (AvgIpc) is 2.97. The number of rotatable bonds is 4. The van der Waals surface area contributed by atoms with Crippen LogP contribution in [0.5, 0.6) is 0 Å². The number of nitrogens with one attached hydrogen (secondary N) is 1. The van der Waals surface area contributed by atoms with Gasteiger partial charge >= 0.3 is 0 Å². The molecule has 0 atom stereocenters. The van der Waals surface area contributed by atoms with Gasteiger partial charge in [-0.3, -0.25) is 9.59 Å². The minimum absolute atomic E-state index is 0.0972. The fourth-order valence-corrected chi connectivity index (χ4v) is 3.34. The number of carbonyl (C=O) groups is 2. The zero-order valence-corrected chi connectivity index (χ0v) is 13.9. The maximum absolute atomic E-state index is 13.2. The molecule has 0 spiro atoms. The van der Waals surface area contributed by atoms with Crippen LogP contribution in [0.25, 0.3) is 0 Å². The first-order valence-corrected chi connectivity index (χ1v) is 8.31. The molecule has 0 unspecified atom stereocenters. The van der Waals surface area contributed by atoms with Gasteiger partial charge in [0.25, 0.3) is 5.91 Å². The first-order chi connectivity index (χ1) is 11.5. The van der Waals surface area contributed by atoms with E-state index in [9.17, 15) is 14.0 Å². The molecule has 1 aliphatic rings. The second-order valence-electron chi connectivity index (χ2n) is 5.49. The van der Waals surface area contributed by atoms with Crippen LogP contribution in [0.2, 0.25) is 0 Å². The zero-order chi connectivity index (χ0) is 17.1. The van der Waals surface area contributed by atoms with E-state index in [1.165, 1.54) is 35.5 Å². The highest BCUT2D eigenvalue weighted by atomic mass is 32.1. The number of hydrogen-bond acceptors (Lipinski definition) is 4. The Balaban J connectivity index is 1.65. The van der Waals surface area contributed by atoms with Crippen LogP contribution >= 0.6 is 11.3 Å². The van der Waals surface area contributed by atoms with Crippen molar-refractivity contribution in [3.8, 4) is 0 Å². The van der Waals surface area contributed by atoms with Crippen molar-refractivity contribution in [3.63, 3.8) is 0 Å². The van der Waals surface area contributed by atoms with Crippen molar-refractivity contribution < 1.29 is 14.0 Å². The van der Waals surface area contributed by atoms with Gasteiger partial charge in [0.15, 0.2) is 0 Å². The van der Waals surface area contributed by atoms with E-state index in [4.69, 9.17) is 0 Å². The molecule has 0 radical (unpaired) electrons.